The van der Waals surface area contributed by atoms with Crippen LogP contribution in [0.15, 0.2) is 42.6 Å². The fraction of sp³-hybridized carbons (Fsp3) is 0.0769. The molecule has 1 N–H and O–H groups in total. The van der Waals surface area contributed by atoms with Crippen LogP contribution < -0.4 is 10.1 Å². The molecule has 4 heteroatoms. The lowest BCUT2D eigenvalue weighted by atomic mass is 10.2. The minimum Gasteiger partial charge on any atom is -0.497 e. The van der Waals surface area contributed by atoms with Gasteiger partial charge >= 0.3 is 0 Å². The second-order valence-corrected chi connectivity index (χ2v) is 3.35. The van der Waals surface area contributed by atoms with Crippen molar-refractivity contribution in [1.29, 1.82) is 0 Å². The van der Waals surface area contributed by atoms with E-state index >= 15 is 0 Å². The number of carbonyl (C=O) groups is 1. The van der Waals surface area contributed by atoms with Crippen molar-refractivity contribution >= 4 is 11.6 Å². The first-order chi connectivity index (χ1) is 8.29. The zero-order valence-electron chi connectivity index (χ0n) is 9.31. The van der Waals surface area contributed by atoms with E-state index in [9.17, 15) is 4.79 Å². The quantitative estimate of drug-likeness (QED) is 0.874. The van der Waals surface area contributed by atoms with Gasteiger partial charge in [0.1, 0.15) is 11.9 Å². The van der Waals surface area contributed by atoms with E-state index in [1.165, 1.54) is 0 Å². The number of nitrogens with one attached hydrogen (secondary N) is 1. The van der Waals surface area contributed by atoms with Gasteiger partial charge in [0.15, 0.2) is 0 Å². The zero-order chi connectivity index (χ0) is 12.1. The fourth-order valence-corrected chi connectivity index (χ4v) is 1.35. The van der Waals surface area contributed by atoms with E-state index in [0.29, 0.717) is 17.0 Å². The van der Waals surface area contributed by atoms with Gasteiger partial charge in [-0.25, -0.2) is 0 Å². The van der Waals surface area contributed by atoms with Gasteiger partial charge in [-0.05, 0) is 30.3 Å². The second kappa shape index (κ2) is 5.12. The molecule has 0 bridgehead atoms. The molecular weight excluding hydrogens is 216 g/mol. The molecule has 2 rings (SSSR count). The van der Waals surface area contributed by atoms with E-state index in [1.807, 2.05) is 0 Å². The largest absolute Gasteiger partial charge is 0.497 e. The lowest BCUT2D eigenvalue weighted by Gasteiger charge is -2.05. The minimum atomic E-state index is -0.215. The van der Waals surface area contributed by atoms with Crippen molar-refractivity contribution in [2.45, 2.75) is 0 Å². The Morgan fingerprint density at radius 3 is 2.94 bits per heavy atom. The Kier molecular flexibility index (Phi) is 3.35. The van der Waals surface area contributed by atoms with Gasteiger partial charge in [0, 0.05) is 11.8 Å². The summed E-state index contributed by atoms with van der Waals surface area (Å²) in [6, 6.07) is 10.4. The SMILES string of the molecule is COc1cccc(C(=O)Nc2[c]nccc2)c1. The highest BCUT2D eigenvalue weighted by Gasteiger charge is 2.06. The van der Waals surface area contributed by atoms with E-state index in [-0.39, 0.29) is 5.91 Å². The van der Waals surface area contributed by atoms with Crippen molar-refractivity contribution in [1.82, 2.24) is 4.98 Å². The maximum Gasteiger partial charge on any atom is 0.255 e. The summed E-state index contributed by atoms with van der Waals surface area (Å²) in [6.45, 7) is 0. The number of nitrogens with zero attached hydrogens (tertiary/aromatic N) is 1. The van der Waals surface area contributed by atoms with Crippen LogP contribution in [0.3, 0.4) is 0 Å². The molecule has 0 aliphatic rings. The van der Waals surface area contributed by atoms with Gasteiger partial charge in [-0.2, -0.15) is 0 Å². The summed E-state index contributed by atoms with van der Waals surface area (Å²) in [4.78, 5) is 15.7. The third-order valence-corrected chi connectivity index (χ3v) is 2.19. The molecule has 1 heterocycles. The number of carbonyl (C=O) groups excluding carboxylic acids is 1. The fourth-order valence-electron chi connectivity index (χ4n) is 1.35. The van der Waals surface area contributed by atoms with Crippen molar-refractivity contribution in [2.24, 2.45) is 0 Å². The number of aromatic nitrogens is 1. The van der Waals surface area contributed by atoms with Gasteiger partial charge in [-0.15, -0.1) is 0 Å². The minimum absolute atomic E-state index is 0.215. The van der Waals surface area contributed by atoms with Crippen LogP contribution in [0.4, 0.5) is 5.69 Å². The maximum atomic E-state index is 11.9. The van der Waals surface area contributed by atoms with Crippen LogP contribution in [0, 0.1) is 6.20 Å². The molecule has 1 aromatic heterocycles. The van der Waals surface area contributed by atoms with Crippen molar-refractivity contribution in [3.63, 3.8) is 0 Å². The van der Waals surface area contributed by atoms with E-state index in [2.05, 4.69) is 16.5 Å². The number of benzene rings is 1. The topological polar surface area (TPSA) is 51.2 Å². The smallest absolute Gasteiger partial charge is 0.255 e. The Hall–Kier alpha value is -2.36. The predicted octanol–water partition coefficient (Wildman–Crippen LogP) is 2.14. The molecule has 1 amide bonds. The van der Waals surface area contributed by atoms with Crippen molar-refractivity contribution in [3.05, 3.63) is 54.4 Å². The highest BCUT2D eigenvalue weighted by atomic mass is 16.5. The molecule has 0 fully saturated rings. The number of amides is 1. The van der Waals surface area contributed by atoms with Gasteiger partial charge in [-0.3, -0.25) is 9.78 Å². The number of anilines is 1. The first-order valence-corrected chi connectivity index (χ1v) is 5.08. The van der Waals surface area contributed by atoms with Gasteiger partial charge in [-0.1, -0.05) is 6.07 Å². The average molecular weight is 227 g/mol. The lowest BCUT2D eigenvalue weighted by Crippen LogP contribution is -2.12. The average Bonchev–Trinajstić information content (AvgIpc) is 2.40. The Morgan fingerprint density at radius 1 is 1.35 bits per heavy atom. The second-order valence-electron chi connectivity index (χ2n) is 3.35. The van der Waals surface area contributed by atoms with Gasteiger partial charge in [0.25, 0.3) is 5.91 Å². The molecule has 2 aromatic rings. The molecule has 0 unspecified atom stereocenters. The maximum absolute atomic E-state index is 11.9. The number of hydrogen-bond donors (Lipinski definition) is 1. The summed E-state index contributed by atoms with van der Waals surface area (Å²) in [7, 11) is 1.56. The van der Waals surface area contributed by atoms with Gasteiger partial charge < -0.3 is 10.1 Å². The van der Waals surface area contributed by atoms with E-state index in [1.54, 1.807) is 49.7 Å². The first-order valence-electron chi connectivity index (χ1n) is 5.08. The molecule has 0 saturated heterocycles. The molecule has 1 radical (unpaired) electrons. The number of rotatable bonds is 3. The molecule has 0 aliphatic carbocycles. The predicted molar refractivity (Wildman–Crippen MR) is 64.0 cm³/mol. The molecule has 17 heavy (non-hydrogen) atoms. The number of methoxy groups -OCH3 is 1. The van der Waals surface area contributed by atoms with Crippen molar-refractivity contribution < 1.29 is 9.53 Å². The molecule has 85 valence electrons. The van der Waals surface area contributed by atoms with Crippen molar-refractivity contribution in [2.75, 3.05) is 12.4 Å². The van der Waals surface area contributed by atoms with Crippen LogP contribution in [-0.4, -0.2) is 18.0 Å². The van der Waals surface area contributed by atoms with Gasteiger partial charge in [0.2, 0.25) is 0 Å². The number of hydrogen-bond acceptors (Lipinski definition) is 3. The van der Waals surface area contributed by atoms with E-state index in [0.717, 1.165) is 0 Å². The molecule has 0 atom stereocenters. The van der Waals surface area contributed by atoms with Gasteiger partial charge in [0.05, 0.1) is 12.8 Å². The summed E-state index contributed by atoms with van der Waals surface area (Å²) in [5, 5.41) is 2.70. The van der Waals surface area contributed by atoms with Crippen molar-refractivity contribution in [3.8, 4) is 5.75 Å². The summed E-state index contributed by atoms with van der Waals surface area (Å²) in [6.07, 6.45) is 4.28. The van der Waals surface area contributed by atoms with Crippen LogP contribution in [0.5, 0.6) is 5.75 Å². The number of ether oxygens (including phenoxy) is 1. The lowest BCUT2D eigenvalue weighted by molar-refractivity contribution is 0.102. The summed E-state index contributed by atoms with van der Waals surface area (Å²) < 4.78 is 5.06. The summed E-state index contributed by atoms with van der Waals surface area (Å²) in [5.74, 6) is 0.431. The van der Waals surface area contributed by atoms with Crippen LogP contribution >= 0.6 is 0 Å². The Balaban J connectivity index is 2.14. The highest BCUT2D eigenvalue weighted by Crippen LogP contribution is 2.14. The molecular formula is C13H11N2O2. The summed E-state index contributed by atoms with van der Waals surface area (Å²) >= 11 is 0. The first kappa shape index (κ1) is 11.1. The Labute approximate surface area is 99.3 Å². The monoisotopic (exact) mass is 227 g/mol. The van der Waals surface area contributed by atoms with Crippen LogP contribution in [0.25, 0.3) is 0 Å². The Bertz CT molecular complexity index is 512. The normalized spacial score (nSPS) is 9.71. The molecule has 1 aromatic carbocycles. The van der Waals surface area contributed by atoms with E-state index in [4.69, 9.17) is 4.74 Å². The number of pyridine rings is 1. The van der Waals surface area contributed by atoms with Crippen LogP contribution in [0.1, 0.15) is 10.4 Å². The van der Waals surface area contributed by atoms with Crippen LogP contribution in [0.2, 0.25) is 0 Å². The van der Waals surface area contributed by atoms with E-state index < -0.39 is 0 Å². The van der Waals surface area contributed by atoms with Crippen LogP contribution in [-0.2, 0) is 0 Å². The molecule has 0 aliphatic heterocycles. The molecule has 0 saturated carbocycles. The standard InChI is InChI=1S/C13H11N2O2/c1-17-12-6-2-4-10(8-12)13(16)15-11-5-3-7-14-9-11/h2-8H,1H3,(H,15,16). The molecule has 0 spiro atoms. The third-order valence-electron chi connectivity index (χ3n) is 2.19. The highest BCUT2D eigenvalue weighted by molar-refractivity contribution is 6.04. The zero-order valence-corrected chi connectivity index (χ0v) is 9.31. The molecule has 4 nitrogen and oxygen atoms in total. The Morgan fingerprint density at radius 2 is 2.24 bits per heavy atom. The summed E-state index contributed by atoms with van der Waals surface area (Å²) in [5.41, 5.74) is 1.07. The third kappa shape index (κ3) is 2.81.